The van der Waals surface area contributed by atoms with Crippen LogP contribution in [0, 0.1) is 23.7 Å². The van der Waals surface area contributed by atoms with Gasteiger partial charge in [0, 0.05) is 54.1 Å². The van der Waals surface area contributed by atoms with E-state index in [-0.39, 0.29) is 17.9 Å². The summed E-state index contributed by atoms with van der Waals surface area (Å²) in [4.78, 5) is 14.6. The lowest BCUT2D eigenvalue weighted by atomic mass is 9.75. The first-order chi connectivity index (χ1) is 29.8. The van der Waals surface area contributed by atoms with Crippen LogP contribution in [0.25, 0.3) is 32.6 Å². The molecular weight excluding hydrogens is 761 g/mol. The zero-order valence-corrected chi connectivity index (χ0v) is 37.2. The molecule has 0 saturated carbocycles. The van der Waals surface area contributed by atoms with Gasteiger partial charge in [0.2, 0.25) is 11.8 Å². The van der Waals surface area contributed by atoms with Gasteiger partial charge >= 0.3 is 0 Å². The lowest BCUT2D eigenvalue weighted by Gasteiger charge is -2.43. The summed E-state index contributed by atoms with van der Waals surface area (Å²) in [5.41, 5.74) is 4.30. The molecule has 6 aromatic rings. The highest BCUT2D eigenvalue weighted by Gasteiger charge is 2.36. The summed E-state index contributed by atoms with van der Waals surface area (Å²) in [6.07, 6.45) is 9.73. The van der Waals surface area contributed by atoms with E-state index in [1.165, 1.54) is 36.8 Å². The fraction of sp³-hybridized carbons (Fsp3) is 0.490. The molecule has 3 aromatic heterocycles. The third-order valence-electron chi connectivity index (χ3n) is 14.3. The van der Waals surface area contributed by atoms with Gasteiger partial charge in [-0.2, -0.15) is 0 Å². The Bertz CT molecular complexity index is 2410. The van der Waals surface area contributed by atoms with Crippen molar-refractivity contribution in [2.45, 2.75) is 77.7 Å². The molecule has 0 radical (unpaired) electrons. The molecule has 0 bridgehead atoms. The summed E-state index contributed by atoms with van der Waals surface area (Å²) < 4.78 is 25.1. The molecule has 2 saturated heterocycles. The van der Waals surface area contributed by atoms with E-state index in [2.05, 4.69) is 80.9 Å². The van der Waals surface area contributed by atoms with Crippen LogP contribution in [0.1, 0.15) is 82.8 Å². The summed E-state index contributed by atoms with van der Waals surface area (Å²) in [6, 6.07) is 25.1. The molecule has 2 fully saturated rings. The number of likely N-dealkylation sites (N-methyl/N-ethyl adjacent to an activating group) is 1. The van der Waals surface area contributed by atoms with Crippen LogP contribution >= 0.6 is 0 Å². The Morgan fingerprint density at radius 2 is 1.36 bits per heavy atom. The topological polar surface area (TPSA) is 95.0 Å². The highest BCUT2D eigenvalue weighted by atomic mass is 16.5. The number of hydrogen-bond donors (Lipinski definition) is 0. The Balaban J connectivity index is 1.10. The van der Waals surface area contributed by atoms with E-state index in [4.69, 9.17) is 39.1 Å². The van der Waals surface area contributed by atoms with Gasteiger partial charge in [-0.1, -0.05) is 52.7 Å². The first-order valence-electron chi connectivity index (χ1n) is 22.6. The van der Waals surface area contributed by atoms with Crippen molar-refractivity contribution in [3.63, 3.8) is 0 Å². The first kappa shape index (κ1) is 42.6. The minimum atomic E-state index is 0.0469. The van der Waals surface area contributed by atoms with Crippen LogP contribution < -0.4 is 18.9 Å². The van der Waals surface area contributed by atoms with Gasteiger partial charge in [-0.05, 0) is 135 Å². The lowest BCUT2D eigenvalue weighted by molar-refractivity contribution is 0.0790. The van der Waals surface area contributed by atoms with Crippen LogP contribution in [0.5, 0.6) is 23.3 Å². The van der Waals surface area contributed by atoms with E-state index in [1.54, 1.807) is 14.2 Å². The standard InChI is InChI=1S/C51H64N6O4/c1-8-33(3)36-21-24-56(5)49(26-36)46(41-19-23-53-48-17-15-39(59-7)28-45(41)48)32-61-51-43-13-11-10-12-42(43)50(54-55-51)60-31-37(30-57-25-20-34(4)35(9-2)29-57)40-18-22-52-47-16-14-38(58-6)27-44(40)47/h10-19,22-23,27-28,33-37,46,49H,8-9,20-21,24-26,29-32H2,1-7H3/t33?,34?,35?,36-,37+,46+,49-/m1/s1. The second-order valence-corrected chi connectivity index (χ2v) is 17.8. The highest BCUT2D eigenvalue weighted by molar-refractivity contribution is 5.90. The maximum Gasteiger partial charge on any atom is 0.241 e. The monoisotopic (exact) mass is 824 g/mol. The zero-order chi connectivity index (χ0) is 42.5. The average Bonchev–Trinajstić information content (AvgIpc) is 3.30. The molecule has 7 atom stereocenters. The van der Waals surface area contributed by atoms with E-state index >= 15 is 0 Å². The molecule has 0 aliphatic carbocycles. The fourth-order valence-corrected chi connectivity index (χ4v) is 10.2. The van der Waals surface area contributed by atoms with Crippen molar-refractivity contribution in [3.05, 3.63) is 96.3 Å². The Morgan fingerprint density at radius 1 is 0.738 bits per heavy atom. The van der Waals surface area contributed by atoms with Gasteiger partial charge < -0.3 is 28.7 Å². The molecule has 10 heteroatoms. The predicted octanol–water partition coefficient (Wildman–Crippen LogP) is 10.2. The van der Waals surface area contributed by atoms with E-state index in [9.17, 15) is 0 Å². The molecule has 2 aliphatic heterocycles. The molecule has 0 N–H and O–H groups in total. The van der Waals surface area contributed by atoms with Gasteiger partial charge in [-0.15, -0.1) is 10.2 Å². The summed E-state index contributed by atoms with van der Waals surface area (Å²) >= 11 is 0. The average molecular weight is 825 g/mol. The van der Waals surface area contributed by atoms with E-state index in [1.807, 2.05) is 48.8 Å². The molecule has 3 unspecified atom stereocenters. The van der Waals surface area contributed by atoms with Crippen molar-refractivity contribution < 1.29 is 18.9 Å². The Labute approximate surface area is 362 Å². The van der Waals surface area contributed by atoms with Gasteiger partial charge in [-0.3, -0.25) is 9.97 Å². The van der Waals surface area contributed by atoms with Crippen molar-refractivity contribution >= 4 is 32.6 Å². The summed E-state index contributed by atoms with van der Waals surface area (Å²) in [5, 5.41) is 13.5. The number of pyridine rings is 2. The Kier molecular flexibility index (Phi) is 13.5. The summed E-state index contributed by atoms with van der Waals surface area (Å²) in [6.45, 7) is 14.4. The Hall–Kier alpha value is -5.06. The van der Waals surface area contributed by atoms with Crippen molar-refractivity contribution in [1.82, 2.24) is 30.0 Å². The SMILES string of the molecule is CCC1CN(C[C@@H](COc2nnc(OC[C@@H](c3ccnc4ccc(OC)cc34)[C@H]3C[C@H](C(C)CC)CCN3C)c3ccccc23)c2ccnc3ccc(OC)cc23)CCC1C. The molecule has 61 heavy (non-hydrogen) atoms. The van der Waals surface area contributed by atoms with Crippen LogP contribution in [0.15, 0.2) is 85.2 Å². The molecule has 10 nitrogen and oxygen atoms in total. The number of ether oxygens (including phenoxy) is 4. The molecule has 2 aliphatic rings. The maximum atomic E-state index is 6.88. The number of fused-ring (bicyclic) bond motifs is 3. The lowest BCUT2D eigenvalue weighted by Crippen LogP contribution is -2.46. The minimum absolute atomic E-state index is 0.0469. The molecule has 5 heterocycles. The quantitative estimate of drug-likeness (QED) is 0.0939. The van der Waals surface area contributed by atoms with E-state index in [0.717, 1.165) is 82.6 Å². The van der Waals surface area contributed by atoms with Crippen molar-refractivity contribution in [2.24, 2.45) is 23.7 Å². The molecule has 3 aromatic carbocycles. The number of benzene rings is 3. The second-order valence-electron chi connectivity index (χ2n) is 17.8. The molecule has 8 rings (SSSR count). The summed E-state index contributed by atoms with van der Waals surface area (Å²) in [5.74, 6) is 5.49. The third kappa shape index (κ3) is 9.26. The first-order valence-corrected chi connectivity index (χ1v) is 22.6. The van der Waals surface area contributed by atoms with Gasteiger partial charge in [0.05, 0.1) is 49.2 Å². The second kappa shape index (κ2) is 19.3. The number of nitrogens with zero attached hydrogens (tertiary/aromatic N) is 6. The van der Waals surface area contributed by atoms with Crippen molar-refractivity contribution in [2.75, 3.05) is 60.7 Å². The number of rotatable bonds is 16. The fourth-order valence-electron chi connectivity index (χ4n) is 10.2. The molecule has 322 valence electrons. The van der Waals surface area contributed by atoms with Gasteiger partial charge in [0.15, 0.2) is 0 Å². The number of methoxy groups -OCH3 is 2. The maximum absolute atomic E-state index is 6.88. The molecule has 0 spiro atoms. The third-order valence-corrected chi connectivity index (χ3v) is 14.3. The number of likely N-dealkylation sites (tertiary alicyclic amines) is 2. The van der Waals surface area contributed by atoms with Crippen molar-refractivity contribution in [1.29, 1.82) is 0 Å². The van der Waals surface area contributed by atoms with Crippen LogP contribution in [0.2, 0.25) is 0 Å². The largest absolute Gasteiger partial charge is 0.497 e. The van der Waals surface area contributed by atoms with Crippen LogP contribution in [-0.2, 0) is 0 Å². The normalized spacial score (nSPS) is 21.6. The van der Waals surface area contributed by atoms with Crippen LogP contribution in [0.4, 0.5) is 0 Å². The smallest absolute Gasteiger partial charge is 0.241 e. The number of aromatic nitrogens is 4. The zero-order valence-electron chi connectivity index (χ0n) is 37.2. The van der Waals surface area contributed by atoms with E-state index in [0.29, 0.717) is 42.7 Å². The molecular formula is C51H64N6O4. The number of piperidine rings is 2. The summed E-state index contributed by atoms with van der Waals surface area (Å²) in [7, 11) is 5.70. The Morgan fingerprint density at radius 3 is 1.98 bits per heavy atom. The van der Waals surface area contributed by atoms with Gasteiger partial charge in [-0.25, -0.2) is 0 Å². The molecule has 0 amide bonds. The van der Waals surface area contributed by atoms with Crippen LogP contribution in [0.3, 0.4) is 0 Å². The van der Waals surface area contributed by atoms with Gasteiger partial charge in [0.1, 0.15) is 11.5 Å². The van der Waals surface area contributed by atoms with Crippen LogP contribution in [-0.4, -0.2) is 96.7 Å². The predicted molar refractivity (Wildman–Crippen MR) is 245 cm³/mol. The van der Waals surface area contributed by atoms with E-state index < -0.39 is 0 Å². The highest BCUT2D eigenvalue weighted by Crippen LogP contribution is 2.40. The minimum Gasteiger partial charge on any atom is -0.497 e. The van der Waals surface area contributed by atoms with Gasteiger partial charge in [0.25, 0.3) is 0 Å². The van der Waals surface area contributed by atoms with Crippen molar-refractivity contribution in [3.8, 4) is 23.3 Å². The number of hydrogen-bond acceptors (Lipinski definition) is 10.